The Morgan fingerprint density at radius 2 is 2.03 bits per heavy atom. The molecule has 1 fully saturated rings. The number of nitrogens with one attached hydrogen (secondary N) is 1. The molecule has 1 aromatic carbocycles. The van der Waals surface area contributed by atoms with Gasteiger partial charge in [0, 0.05) is 39.0 Å². The summed E-state index contributed by atoms with van der Waals surface area (Å²) < 4.78 is 5.41. The van der Waals surface area contributed by atoms with Crippen LogP contribution in [0.3, 0.4) is 0 Å². The fourth-order valence-corrected chi connectivity index (χ4v) is 3.67. The van der Waals surface area contributed by atoms with Gasteiger partial charge in [-0.3, -0.25) is 9.79 Å². The number of primary amides is 1. The molecule has 1 atom stereocenters. The van der Waals surface area contributed by atoms with Gasteiger partial charge < -0.3 is 20.4 Å². The molecular formula is C22H31IN4O2. The molecule has 1 amide bonds. The first kappa shape index (κ1) is 23.3. The van der Waals surface area contributed by atoms with E-state index in [1.54, 1.807) is 6.26 Å². The molecule has 6 nitrogen and oxygen atoms in total. The third kappa shape index (κ3) is 8.08. The van der Waals surface area contributed by atoms with Crippen LogP contribution in [0.2, 0.25) is 0 Å². The molecule has 3 N–H and O–H groups in total. The topological polar surface area (TPSA) is 83.9 Å². The van der Waals surface area contributed by atoms with Crippen LogP contribution in [0.15, 0.2) is 58.1 Å². The van der Waals surface area contributed by atoms with Gasteiger partial charge in [0.2, 0.25) is 5.91 Å². The summed E-state index contributed by atoms with van der Waals surface area (Å²) >= 11 is 0. The SMILES string of the molecule is I.NC(=O)CC1CCCN(C(=NCCc2ccco2)NCCc2ccccc2)C1. The van der Waals surface area contributed by atoms with Crippen molar-refractivity contribution < 1.29 is 9.21 Å². The molecule has 0 saturated carbocycles. The molecule has 3 rings (SSSR count). The minimum Gasteiger partial charge on any atom is -0.469 e. The molecule has 1 unspecified atom stereocenters. The minimum atomic E-state index is -0.222. The standard InChI is InChI=1S/C22H30N4O2.HI/c23-21(27)16-19-8-4-14-26(17-19)22(25-13-11-20-9-5-15-28-20)24-12-10-18-6-2-1-3-7-18;/h1-3,5-7,9,15,19H,4,8,10-14,16-17H2,(H2,23,27)(H,24,25);1H. The Bertz CT molecular complexity index is 749. The van der Waals surface area contributed by atoms with E-state index in [0.29, 0.717) is 18.9 Å². The molecule has 2 aromatic rings. The number of nitrogens with zero attached hydrogens (tertiary/aromatic N) is 2. The predicted octanol–water partition coefficient (Wildman–Crippen LogP) is 3.22. The Morgan fingerprint density at radius 3 is 2.76 bits per heavy atom. The zero-order valence-corrected chi connectivity index (χ0v) is 19.1. The van der Waals surface area contributed by atoms with Gasteiger partial charge >= 0.3 is 0 Å². The third-order valence-electron chi connectivity index (χ3n) is 5.05. The summed E-state index contributed by atoms with van der Waals surface area (Å²) in [6.07, 6.45) is 5.95. The fourth-order valence-electron chi connectivity index (χ4n) is 3.67. The lowest BCUT2D eigenvalue weighted by molar-refractivity contribution is -0.119. The van der Waals surface area contributed by atoms with Crippen LogP contribution in [-0.2, 0) is 17.6 Å². The van der Waals surface area contributed by atoms with Crippen LogP contribution in [0.5, 0.6) is 0 Å². The maximum atomic E-state index is 11.3. The smallest absolute Gasteiger partial charge is 0.217 e. The molecule has 0 bridgehead atoms. The summed E-state index contributed by atoms with van der Waals surface area (Å²) in [6.45, 7) is 3.26. The van der Waals surface area contributed by atoms with Gasteiger partial charge in [0.25, 0.3) is 0 Å². The molecule has 7 heteroatoms. The zero-order valence-electron chi connectivity index (χ0n) is 16.8. The highest BCUT2D eigenvalue weighted by Crippen LogP contribution is 2.19. The molecule has 158 valence electrons. The molecule has 2 heterocycles. The summed E-state index contributed by atoms with van der Waals surface area (Å²) in [5, 5.41) is 3.52. The van der Waals surface area contributed by atoms with Gasteiger partial charge in [-0.2, -0.15) is 0 Å². The lowest BCUT2D eigenvalue weighted by Gasteiger charge is -2.34. The van der Waals surface area contributed by atoms with Crippen molar-refractivity contribution in [1.82, 2.24) is 10.2 Å². The van der Waals surface area contributed by atoms with Crippen LogP contribution >= 0.6 is 24.0 Å². The number of furan rings is 1. The second-order valence-corrected chi connectivity index (χ2v) is 7.32. The number of likely N-dealkylation sites (tertiary alicyclic amines) is 1. The number of hydrogen-bond donors (Lipinski definition) is 2. The lowest BCUT2D eigenvalue weighted by Crippen LogP contribution is -2.47. The molecule has 1 aromatic heterocycles. The zero-order chi connectivity index (χ0) is 19.6. The van der Waals surface area contributed by atoms with Crippen molar-refractivity contribution >= 4 is 35.8 Å². The first-order valence-corrected chi connectivity index (χ1v) is 10.1. The van der Waals surface area contributed by atoms with Gasteiger partial charge in [0.1, 0.15) is 5.76 Å². The fraction of sp³-hybridized carbons (Fsp3) is 0.455. The minimum absolute atomic E-state index is 0. The van der Waals surface area contributed by atoms with Gasteiger partial charge in [-0.1, -0.05) is 30.3 Å². The highest BCUT2D eigenvalue weighted by Gasteiger charge is 2.23. The van der Waals surface area contributed by atoms with Crippen molar-refractivity contribution in [2.75, 3.05) is 26.2 Å². The molecular weight excluding hydrogens is 479 g/mol. The number of aliphatic imine (C=N–C) groups is 1. The van der Waals surface area contributed by atoms with E-state index in [9.17, 15) is 4.79 Å². The maximum absolute atomic E-state index is 11.3. The van der Waals surface area contributed by atoms with E-state index in [2.05, 4.69) is 34.5 Å². The quantitative estimate of drug-likeness (QED) is 0.325. The normalized spacial score (nSPS) is 16.9. The number of carbonyl (C=O) groups excluding carboxylic acids is 1. The Labute approximate surface area is 190 Å². The summed E-state index contributed by atoms with van der Waals surface area (Å²) in [7, 11) is 0. The monoisotopic (exact) mass is 510 g/mol. The van der Waals surface area contributed by atoms with E-state index in [1.165, 1.54) is 5.56 Å². The molecule has 0 radical (unpaired) electrons. The van der Waals surface area contributed by atoms with E-state index in [4.69, 9.17) is 15.1 Å². The predicted molar refractivity (Wildman–Crippen MR) is 126 cm³/mol. The van der Waals surface area contributed by atoms with Crippen molar-refractivity contribution in [1.29, 1.82) is 0 Å². The lowest BCUT2D eigenvalue weighted by atomic mass is 9.95. The van der Waals surface area contributed by atoms with Crippen LogP contribution in [0.1, 0.15) is 30.6 Å². The van der Waals surface area contributed by atoms with Crippen LogP contribution in [0.25, 0.3) is 0 Å². The average molecular weight is 510 g/mol. The highest BCUT2D eigenvalue weighted by atomic mass is 127. The van der Waals surface area contributed by atoms with Crippen molar-refractivity contribution in [2.45, 2.75) is 32.1 Å². The largest absolute Gasteiger partial charge is 0.469 e. The molecule has 1 saturated heterocycles. The van der Waals surface area contributed by atoms with Gasteiger partial charge in [0.05, 0.1) is 6.26 Å². The molecule has 0 spiro atoms. The number of piperidine rings is 1. The molecule has 0 aliphatic carbocycles. The van der Waals surface area contributed by atoms with Crippen LogP contribution < -0.4 is 11.1 Å². The summed E-state index contributed by atoms with van der Waals surface area (Å²) in [6, 6.07) is 14.3. The van der Waals surface area contributed by atoms with E-state index >= 15 is 0 Å². The van der Waals surface area contributed by atoms with E-state index in [1.807, 2.05) is 18.2 Å². The van der Waals surface area contributed by atoms with Crippen molar-refractivity contribution in [3.05, 3.63) is 60.1 Å². The van der Waals surface area contributed by atoms with Crippen molar-refractivity contribution in [3.63, 3.8) is 0 Å². The van der Waals surface area contributed by atoms with E-state index in [-0.39, 0.29) is 29.9 Å². The summed E-state index contributed by atoms with van der Waals surface area (Å²) in [5.41, 5.74) is 6.71. The number of guanidine groups is 1. The van der Waals surface area contributed by atoms with Crippen LogP contribution in [0.4, 0.5) is 0 Å². The van der Waals surface area contributed by atoms with Gasteiger partial charge in [-0.25, -0.2) is 0 Å². The van der Waals surface area contributed by atoms with Gasteiger partial charge in [0.15, 0.2) is 5.96 Å². The number of amides is 1. The van der Waals surface area contributed by atoms with Crippen molar-refractivity contribution in [3.8, 4) is 0 Å². The number of halogens is 1. The first-order valence-electron chi connectivity index (χ1n) is 10.1. The summed E-state index contributed by atoms with van der Waals surface area (Å²) in [5.74, 6) is 1.94. The molecule has 29 heavy (non-hydrogen) atoms. The maximum Gasteiger partial charge on any atom is 0.217 e. The van der Waals surface area contributed by atoms with Crippen LogP contribution in [0, 0.1) is 5.92 Å². The Morgan fingerprint density at radius 1 is 1.21 bits per heavy atom. The molecule has 1 aliphatic heterocycles. The number of nitrogens with two attached hydrogens (primary N) is 1. The summed E-state index contributed by atoms with van der Waals surface area (Å²) in [4.78, 5) is 18.4. The first-order chi connectivity index (χ1) is 13.7. The Balaban J connectivity index is 0.00000300. The number of hydrogen-bond acceptors (Lipinski definition) is 3. The Kier molecular flexibility index (Phi) is 10.0. The number of rotatable bonds is 8. The Hall–Kier alpha value is -2.03. The second-order valence-electron chi connectivity index (χ2n) is 7.32. The van der Waals surface area contributed by atoms with E-state index < -0.39 is 0 Å². The third-order valence-corrected chi connectivity index (χ3v) is 5.05. The highest BCUT2D eigenvalue weighted by molar-refractivity contribution is 14.0. The number of benzene rings is 1. The van der Waals surface area contributed by atoms with E-state index in [0.717, 1.165) is 57.0 Å². The van der Waals surface area contributed by atoms with Crippen LogP contribution in [-0.4, -0.2) is 42.9 Å². The van der Waals surface area contributed by atoms with Gasteiger partial charge in [-0.05, 0) is 42.9 Å². The van der Waals surface area contributed by atoms with Crippen molar-refractivity contribution in [2.24, 2.45) is 16.6 Å². The second kappa shape index (κ2) is 12.5. The average Bonchev–Trinajstić information content (AvgIpc) is 3.21. The number of carbonyl (C=O) groups is 1. The molecule has 1 aliphatic rings. The van der Waals surface area contributed by atoms with Gasteiger partial charge in [-0.15, -0.1) is 24.0 Å².